The Balaban J connectivity index is 2.76. The van der Waals surface area contributed by atoms with Crippen molar-refractivity contribution in [2.24, 2.45) is 0 Å². The Kier molecular flexibility index (Phi) is 3.86. The maximum absolute atomic E-state index is 11.6. The molecule has 3 nitrogen and oxygen atoms in total. The van der Waals surface area contributed by atoms with Gasteiger partial charge in [-0.3, -0.25) is 4.79 Å². The Labute approximate surface area is 90.9 Å². The van der Waals surface area contributed by atoms with E-state index in [4.69, 9.17) is 0 Å². The summed E-state index contributed by atoms with van der Waals surface area (Å²) in [4.78, 5) is 11.6. The molecule has 0 saturated carbocycles. The molecule has 82 valence electrons. The summed E-state index contributed by atoms with van der Waals surface area (Å²) in [5.41, 5.74) is 3.17. The topological polar surface area (TPSA) is 41.1 Å². The van der Waals surface area contributed by atoms with E-state index in [2.05, 4.69) is 16.7 Å². The summed E-state index contributed by atoms with van der Waals surface area (Å²) in [6.45, 7) is 5.87. The molecule has 1 unspecified atom stereocenters. The Hall–Kier alpha value is -1.35. The van der Waals surface area contributed by atoms with E-state index in [1.807, 2.05) is 32.9 Å². The highest BCUT2D eigenvalue weighted by atomic mass is 16.2. The van der Waals surface area contributed by atoms with Crippen LogP contribution in [0.4, 0.5) is 5.69 Å². The number of carbonyl (C=O) groups is 1. The predicted molar refractivity (Wildman–Crippen MR) is 63.1 cm³/mol. The van der Waals surface area contributed by atoms with Gasteiger partial charge in [0.25, 0.3) is 0 Å². The second-order valence-electron chi connectivity index (χ2n) is 3.88. The van der Waals surface area contributed by atoms with E-state index < -0.39 is 0 Å². The van der Waals surface area contributed by atoms with Gasteiger partial charge in [0.2, 0.25) is 5.91 Å². The summed E-state index contributed by atoms with van der Waals surface area (Å²) in [6.07, 6.45) is 0. The minimum absolute atomic E-state index is 0.0116. The molecule has 1 amide bonds. The fourth-order valence-corrected chi connectivity index (χ4v) is 1.43. The number of carbonyl (C=O) groups excluding carboxylic acids is 1. The molecule has 1 rings (SSSR count). The van der Waals surface area contributed by atoms with Gasteiger partial charge in [0.1, 0.15) is 0 Å². The number of hydrogen-bond acceptors (Lipinski definition) is 2. The molecule has 3 heteroatoms. The zero-order valence-corrected chi connectivity index (χ0v) is 9.72. The number of aryl methyl sites for hydroxylation is 2. The molecule has 2 N–H and O–H groups in total. The van der Waals surface area contributed by atoms with Crippen LogP contribution < -0.4 is 10.6 Å². The lowest BCUT2D eigenvalue weighted by Crippen LogP contribution is -2.35. The van der Waals surface area contributed by atoms with Crippen LogP contribution in [0.2, 0.25) is 0 Å². The number of amides is 1. The summed E-state index contributed by atoms with van der Waals surface area (Å²) in [7, 11) is 1.77. The number of nitrogens with one attached hydrogen (secondary N) is 2. The first kappa shape index (κ1) is 11.7. The maximum Gasteiger partial charge on any atom is 0.241 e. The van der Waals surface area contributed by atoms with Crippen LogP contribution in [0.3, 0.4) is 0 Å². The van der Waals surface area contributed by atoms with E-state index in [9.17, 15) is 4.79 Å². The second kappa shape index (κ2) is 4.94. The third-order valence-corrected chi connectivity index (χ3v) is 2.32. The second-order valence-corrected chi connectivity index (χ2v) is 3.88. The fraction of sp³-hybridized carbons (Fsp3) is 0.417. The number of hydrogen-bond donors (Lipinski definition) is 2. The van der Waals surface area contributed by atoms with Crippen molar-refractivity contribution in [3.05, 3.63) is 29.3 Å². The van der Waals surface area contributed by atoms with Crippen molar-refractivity contribution in [3.8, 4) is 0 Å². The summed E-state index contributed by atoms with van der Waals surface area (Å²) in [5, 5.41) is 5.77. The number of benzene rings is 1. The van der Waals surface area contributed by atoms with Gasteiger partial charge in [-0.05, 0) is 51.1 Å². The minimum Gasteiger partial charge on any atom is -0.325 e. The van der Waals surface area contributed by atoms with Crippen LogP contribution in [0.25, 0.3) is 0 Å². The van der Waals surface area contributed by atoms with Gasteiger partial charge in [-0.1, -0.05) is 6.07 Å². The molecule has 0 aliphatic rings. The van der Waals surface area contributed by atoms with E-state index >= 15 is 0 Å². The summed E-state index contributed by atoms with van der Waals surface area (Å²) in [6, 6.07) is 5.84. The van der Waals surface area contributed by atoms with Crippen molar-refractivity contribution in [2.75, 3.05) is 12.4 Å². The van der Waals surface area contributed by atoms with Crippen molar-refractivity contribution in [1.29, 1.82) is 0 Å². The molecule has 15 heavy (non-hydrogen) atoms. The molecular formula is C12H18N2O. The highest BCUT2D eigenvalue weighted by Gasteiger charge is 2.10. The van der Waals surface area contributed by atoms with Crippen LogP contribution in [0, 0.1) is 13.8 Å². The zero-order valence-electron chi connectivity index (χ0n) is 9.72. The van der Waals surface area contributed by atoms with Gasteiger partial charge in [-0.15, -0.1) is 0 Å². The Morgan fingerprint density at radius 2 is 1.73 bits per heavy atom. The lowest BCUT2D eigenvalue weighted by molar-refractivity contribution is -0.117. The van der Waals surface area contributed by atoms with E-state index in [1.54, 1.807) is 7.05 Å². The van der Waals surface area contributed by atoms with Gasteiger partial charge in [0.05, 0.1) is 6.04 Å². The smallest absolute Gasteiger partial charge is 0.241 e. The lowest BCUT2D eigenvalue weighted by Gasteiger charge is -2.12. The van der Waals surface area contributed by atoms with Crippen molar-refractivity contribution in [1.82, 2.24) is 5.32 Å². The summed E-state index contributed by atoms with van der Waals surface area (Å²) in [5.74, 6) is -0.0116. The van der Waals surface area contributed by atoms with Gasteiger partial charge in [-0.2, -0.15) is 0 Å². The molecule has 0 aliphatic heterocycles. The van der Waals surface area contributed by atoms with Gasteiger partial charge in [-0.25, -0.2) is 0 Å². The van der Waals surface area contributed by atoms with Crippen LogP contribution in [0.5, 0.6) is 0 Å². The molecule has 1 atom stereocenters. The largest absolute Gasteiger partial charge is 0.325 e. The normalized spacial score (nSPS) is 12.3. The molecule has 0 fully saturated rings. The van der Waals surface area contributed by atoms with E-state index in [1.165, 1.54) is 0 Å². The molecule has 0 spiro atoms. The van der Waals surface area contributed by atoms with Crippen molar-refractivity contribution in [3.63, 3.8) is 0 Å². The maximum atomic E-state index is 11.6. The van der Waals surface area contributed by atoms with Crippen LogP contribution >= 0.6 is 0 Å². The van der Waals surface area contributed by atoms with Crippen molar-refractivity contribution < 1.29 is 4.79 Å². The van der Waals surface area contributed by atoms with Crippen molar-refractivity contribution >= 4 is 11.6 Å². The molecule has 0 bridgehead atoms. The van der Waals surface area contributed by atoms with Gasteiger partial charge >= 0.3 is 0 Å². The molecule has 0 aliphatic carbocycles. The number of likely N-dealkylation sites (N-methyl/N-ethyl adjacent to an activating group) is 1. The van der Waals surface area contributed by atoms with Gasteiger partial charge in [0, 0.05) is 5.69 Å². The molecule has 0 radical (unpaired) electrons. The Morgan fingerprint density at radius 1 is 1.20 bits per heavy atom. The molecule has 0 heterocycles. The van der Waals surface area contributed by atoms with Crippen molar-refractivity contribution in [2.45, 2.75) is 26.8 Å². The zero-order chi connectivity index (χ0) is 11.4. The molecule has 0 aromatic heterocycles. The first-order valence-electron chi connectivity index (χ1n) is 5.09. The Morgan fingerprint density at radius 3 is 2.20 bits per heavy atom. The first-order chi connectivity index (χ1) is 7.02. The van der Waals surface area contributed by atoms with Gasteiger partial charge < -0.3 is 10.6 Å². The average molecular weight is 206 g/mol. The highest BCUT2D eigenvalue weighted by Crippen LogP contribution is 2.13. The summed E-state index contributed by atoms with van der Waals surface area (Å²) >= 11 is 0. The minimum atomic E-state index is -0.175. The third-order valence-electron chi connectivity index (χ3n) is 2.32. The van der Waals surface area contributed by atoms with Crippen LogP contribution in [0.1, 0.15) is 18.1 Å². The van der Waals surface area contributed by atoms with Gasteiger partial charge in [0.15, 0.2) is 0 Å². The van der Waals surface area contributed by atoms with E-state index in [0.29, 0.717) is 0 Å². The number of anilines is 1. The molecule has 0 saturated heterocycles. The molecule has 1 aromatic rings. The highest BCUT2D eigenvalue weighted by molar-refractivity contribution is 5.94. The van der Waals surface area contributed by atoms with E-state index in [0.717, 1.165) is 16.8 Å². The predicted octanol–water partition coefficient (Wildman–Crippen LogP) is 1.85. The molecule has 1 aromatic carbocycles. The third kappa shape index (κ3) is 3.36. The quantitative estimate of drug-likeness (QED) is 0.792. The first-order valence-corrected chi connectivity index (χ1v) is 5.09. The standard InChI is InChI=1S/C12H18N2O/c1-8-5-9(2)7-11(6-8)14-12(15)10(3)13-4/h5-7,10,13H,1-4H3,(H,14,15). The summed E-state index contributed by atoms with van der Waals surface area (Å²) < 4.78 is 0. The van der Waals surface area contributed by atoms with Crippen LogP contribution in [-0.4, -0.2) is 19.0 Å². The number of rotatable bonds is 3. The monoisotopic (exact) mass is 206 g/mol. The van der Waals surface area contributed by atoms with Crippen LogP contribution in [0.15, 0.2) is 18.2 Å². The van der Waals surface area contributed by atoms with Crippen LogP contribution in [-0.2, 0) is 4.79 Å². The lowest BCUT2D eigenvalue weighted by atomic mass is 10.1. The Bertz CT molecular complexity index is 340. The average Bonchev–Trinajstić information content (AvgIpc) is 2.14. The fourth-order valence-electron chi connectivity index (χ4n) is 1.43. The molecular weight excluding hydrogens is 188 g/mol. The van der Waals surface area contributed by atoms with E-state index in [-0.39, 0.29) is 11.9 Å². The SMILES string of the molecule is CNC(C)C(=O)Nc1cc(C)cc(C)c1.